The maximum atomic E-state index is 13.4. The number of fused-ring (bicyclic) bond motifs is 1. The van der Waals surface area contributed by atoms with E-state index >= 15 is 0 Å². The molecule has 1 aromatic carbocycles. The predicted octanol–water partition coefficient (Wildman–Crippen LogP) is -1.08. The number of nitrogens with two attached hydrogens (primary N) is 1. The normalized spacial score (nSPS) is 19.3. The summed E-state index contributed by atoms with van der Waals surface area (Å²) in [7, 11) is 0. The highest BCUT2D eigenvalue weighted by molar-refractivity contribution is 8.00. The van der Waals surface area contributed by atoms with Gasteiger partial charge in [0.15, 0.2) is 41.6 Å². The van der Waals surface area contributed by atoms with E-state index < -0.39 is 58.8 Å². The van der Waals surface area contributed by atoms with Crippen molar-refractivity contribution in [3.8, 4) is 11.5 Å². The monoisotopic (exact) mass is 628 g/mol. The number of aliphatic carboxylic acids is 2. The molecule has 0 bridgehead atoms. The number of nitrogens with zero attached hydrogens (tertiary/aromatic N) is 3. The molecular formula is C26H24N6O9S2. The second-order valence-electron chi connectivity index (χ2n) is 9.43. The topological polar surface area (TPSA) is 231 Å². The number of carbonyl (C=O) groups is 4. The number of aromatic nitrogens is 2. The zero-order valence-electron chi connectivity index (χ0n) is 21.9. The smallest absolute Gasteiger partial charge is 0.339 e. The first-order chi connectivity index (χ1) is 20.5. The number of nitrogens with one attached hydrogen (secondary N) is 2. The van der Waals surface area contributed by atoms with E-state index in [0.717, 1.165) is 28.4 Å². The molecule has 1 unspecified atom stereocenters. The third-order valence-corrected chi connectivity index (χ3v) is 8.65. The highest BCUT2D eigenvalue weighted by atomic mass is 32.2. The second kappa shape index (κ2) is 12.3. The number of hydroxylamine groups is 1. The number of thiazole rings is 1. The second-order valence-corrected chi connectivity index (χ2v) is 11.4. The molecule has 0 radical (unpaired) electrons. The Bertz CT molecular complexity index is 1620. The van der Waals surface area contributed by atoms with Crippen molar-refractivity contribution in [3.63, 3.8) is 0 Å². The lowest BCUT2D eigenvalue weighted by Crippen LogP contribution is -2.71. The molecule has 1 saturated heterocycles. The molecule has 0 saturated carbocycles. The lowest BCUT2D eigenvalue weighted by atomic mass is 10.0. The van der Waals surface area contributed by atoms with E-state index in [1.54, 1.807) is 29.1 Å². The first-order valence-electron chi connectivity index (χ1n) is 12.5. The molecule has 2 amide bonds. The van der Waals surface area contributed by atoms with Crippen molar-refractivity contribution in [2.75, 3.05) is 11.5 Å². The molecule has 2 aliphatic heterocycles. The van der Waals surface area contributed by atoms with E-state index in [1.807, 2.05) is 6.07 Å². The van der Waals surface area contributed by atoms with Gasteiger partial charge in [0.05, 0.1) is 17.4 Å². The lowest BCUT2D eigenvalue weighted by molar-refractivity contribution is -0.689. The van der Waals surface area contributed by atoms with Crippen molar-refractivity contribution in [2.24, 2.45) is 0 Å². The minimum atomic E-state index is -1.73. The predicted molar refractivity (Wildman–Crippen MR) is 147 cm³/mol. The van der Waals surface area contributed by atoms with Gasteiger partial charge in [-0.2, -0.15) is 5.48 Å². The van der Waals surface area contributed by atoms with Gasteiger partial charge in [-0.3, -0.25) is 19.3 Å². The number of phenolic OH excluding ortho intramolecular Hbond substituents is 2. The van der Waals surface area contributed by atoms with Gasteiger partial charge in [0.1, 0.15) is 11.4 Å². The van der Waals surface area contributed by atoms with Crippen molar-refractivity contribution in [1.82, 2.24) is 20.7 Å². The number of β-lactam (4-membered cyclic amide) rings is 1. The summed E-state index contributed by atoms with van der Waals surface area (Å²) in [5.74, 6) is -5.28. The fourth-order valence-corrected chi connectivity index (χ4v) is 6.50. The Morgan fingerprint density at radius 3 is 2.58 bits per heavy atom. The molecule has 15 nitrogen and oxygen atoms in total. The lowest BCUT2D eigenvalue weighted by Gasteiger charge is -2.50. The van der Waals surface area contributed by atoms with Crippen LogP contribution in [0.2, 0.25) is 0 Å². The van der Waals surface area contributed by atoms with Crippen LogP contribution in [0.1, 0.15) is 23.4 Å². The highest BCUT2D eigenvalue weighted by Gasteiger charge is 2.53. The average Bonchev–Trinajstić information content (AvgIpc) is 3.41. The van der Waals surface area contributed by atoms with Crippen molar-refractivity contribution in [2.45, 2.75) is 30.1 Å². The van der Waals surface area contributed by atoms with Crippen LogP contribution >= 0.6 is 23.1 Å². The highest BCUT2D eigenvalue weighted by Crippen LogP contribution is 2.40. The number of amides is 2. The molecule has 224 valence electrons. The summed E-state index contributed by atoms with van der Waals surface area (Å²) >= 11 is 2.28. The van der Waals surface area contributed by atoms with Gasteiger partial charge in [0.25, 0.3) is 5.91 Å². The maximum absolute atomic E-state index is 13.4. The number of benzene rings is 1. The molecule has 17 heteroatoms. The van der Waals surface area contributed by atoms with E-state index in [4.69, 9.17) is 10.6 Å². The fraction of sp³-hybridized carbons (Fsp3) is 0.231. The van der Waals surface area contributed by atoms with Crippen LogP contribution in [0.15, 0.2) is 65.4 Å². The van der Waals surface area contributed by atoms with E-state index in [2.05, 4.69) is 15.8 Å². The molecule has 5 rings (SSSR count). The van der Waals surface area contributed by atoms with Gasteiger partial charge >= 0.3 is 5.97 Å². The number of thioether (sulfide) groups is 1. The minimum Gasteiger partial charge on any atom is -0.543 e. The first-order valence-corrected chi connectivity index (χ1v) is 14.5. The molecule has 2 aromatic heterocycles. The van der Waals surface area contributed by atoms with Crippen molar-refractivity contribution in [1.29, 1.82) is 0 Å². The molecular weight excluding hydrogens is 604 g/mol. The molecule has 7 N–H and O–H groups in total. The standard InChI is InChI=1S/C26H24N6O9S2/c27-26-28-14(11-43-26)17(30-41-20(25(39)40)12-4-5-15(33)16(34)8-12)21(35)29-18-22(36)32-19(24(37)38)13(10-42-23(18)32)9-31-6-2-1-3-7-31/h1-8,11,17-18,20,23,30H,9-10H2,(H6-,27,28,29,33,34,35,37,38,39,40)/t17?,18-,20+,23-/m1/s1. The van der Waals surface area contributed by atoms with Gasteiger partial charge in [0.2, 0.25) is 12.0 Å². The van der Waals surface area contributed by atoms with Gasteiger partial charge in [-0.15, -0.1) is 23.1 Å². The first kappa shape index (κ1) is 29.8. The number of carbonyl (C=O) groups excluding carboxylic acids is 3. The Labute approximate surface area is 251 Å². The number of rotatable bonds is 11. The Morgan fingerprint density at radius 1 is 1.21 bits per heavy atom. The number of carboxylic acid groups (broad SMARTS) is 2. The molecule has 4 atom stereocenters. The van der Waals surface area contributed by atoms with E-state index in [1.165, 1.54) is 23.2 Å². The molecule has 1 fully saturated rings. The number of hydrogen-bond donors (Lipinski definition) is 6. The van der Waals surface area contributed by atoms with Gasteiger partial charge in [0, 0.05) is 28.8 Å². The van der Waals surface area contributed by atoms with Gasteiger partial charge in [-0.25, -0.2) is 14.3 Å². The van der Waals surface area contributed by atoms with Crippen molar-refractivity contribution in [3.05, 3.63) is 76.7 Å². The third-order valence-electron chi connectivity index (χ3n) is 6.62. The minimum absolute atomic E-state index is 0.0539. The zero-order valence-corrected chi connectivity index (χ0v) is 23.6. The van der Waals surface area contributed by atoms with Crippen molar-refractivity contribution < 1.29 is 49.0 Å². The van der Waals surface area contributed by atoms with Gasteiger partial charge in [-0.1, -0.05) is 12.1 Å². The number of nitrogen functional groups attached to an aromatic ring is 1. The van der Waals surface area contributed by atoms with E-state index in [9.17, 15) is 39.6 Å². The fourth-order valence-electron chi connectivity index (χ4n) is 4.57. The number of phenols is 2. The largest absolute Gasteiger partial charge is 0.543 e. The van der Waals surface area contributed by atoms with Crippen LogP contribution in [0.4, 0.5) is 5.13 Å². The molecule has 4 heterocycles. The van der Waals surface area contributed by atoms with Crippen LogP contribution in [0.3, 0.4) is 0 Å². The maximum Gasteiger partial charge on any atom is 0.339 e. The van der Waals surface area contributed by atoms with Crippen LogP contribution in [-0.2, 0) is 30.6 Å². The summed E-state index contributed by atoms with van der Waals surface area (Å²) in [5.41, 5.74) is 8.34. The van der Waals surface area contributed by atoms with Crippen molar-refractivity contribution >= 4 is 52.0 Å². The summed E-state index contributed by atoms with van der Waals surface area (Å²) in [6.07, 6.45) is 1.79. The van der Waals surface area contributed by atoms with Crippen LogP contribution in [0, 0.1) is 0 Å². The Balaban J connectivity index is 1.33. The molecule has 0 aliphatic carbocycles. The summed E-state index contributed by atoms with van der Waals surface area (Å²) < 4.78 is 1.77. The average molecular weight is 629 g/mol. The number of anilines is 1. The molecule has 43 heavy (non-hydrogen) atoms. The summed E-state index contributed by atoms with van der Waals surface area (Å²) in [6, 6.07) is 6.10. The molecule has 2 aliphatic rings. The van der Waals surface area contributed by atoms with Crippen LogP contribution < -0.4 is 26.2 Å². The van der Waals surface area contributed by atoms with Crippen LogP contribution in [-0.4, -0.2) is 66.1 Å². The van der Waals surface area contributed by atoms with Crippen LogP contribution in [0.5, 0.6) is 11.5 Å². The third kappa shape index (κ3) is 6.09. The number of aromatic hydroxyl groups is 2. The zero-order chi connectivity index (χ0) is 30.8. The Kier molecular flexibility index (Phi) is 8.49. The Morgan fingerprint density at radius 2 is 1.95 bits per heavy atom. The SMILES string of the molecule is Nc1nc(C(NO[C@H](C(=O)O)c2ccc(O)c(O)c2)C(=O)N[C@@H]2C(=O)N3C(C(=O)[O-])=C(C[n+]4ccccc4)CS[C@H]23)cs1. The van der Waals surface area contributed by atoms with E-state index in [0.29, 0.717) is 5.57 Å². The summed E-state index contributed by atoms with van der Waals surface area (Å²) in [4.78, 5) is 61.1. The van der Waals surface area contributed by atoms with Crippen LogP contribution in [0.25, 0.3) is 0 Å². The van der Waals surface area contributed by atoms with E-state index in [-0.39, 0.29) is 34.4 Å². The summed E-state index contributed by atoms with van der Waals surface area (Å²) in [5, 5.41) is 44.5. The van der Waals surface area contributed by atoms with Gasteiger partial charge < -0.3 is 36.3 Å². The number of carboxylic acids is 2. The Hall–Kier alpha value is -4.71. The molecule has 0 spiro atoms. The van der Waals surface area contributed by atoms with Gasteiger partial charge in [-0.05, 0) is 17.7 Å². The number of pyridine rings is 1. The summed E-state index contributed by atoms with van der Waals surface area (Å²) in [6.45, 7) is 0.225. The quantitative estimate of drug-likeness (QED) is 0.0643. The molecule has 3 aromatic rings. The number of hydrogen-bond acceptors (Lipinski definition) is 13.